The van der Waals surface area contributed by atoms with Crippen molar-refractivity contribution in [2.24, 2.45) is 0 Å². The van der Waals surface area contributed by atoms with E-state index in [0.717, 1.165) is 29.1 Å². The van der Waals surface area contributed by atoms with Crippen LogP contribution in [0.4, 0.5) is 10.1 Å². The quantitative estimate of drug-likeness (QED) is 0.710. The van der Waals surface area contributed by atoms with Gasteiger partial charge >= 0.3 is 0 Å². The van der Waals surface area contributed by atoms with Crippen molar-refractivity contribution in [2.75, 3.05) is 5.32 Å². The number of hydrogen-bond acceptors (Lipinski definition) is 1. The lowest BCUT2D eigenvalue weighted by Crippen LogP contribution is -2.34. The van der Waals surface area contributed by atoms with Gasteiger partial charge in [0.05, 0.1) is 4.47 Å². The molecule has 110 valence electrons. The molecule has 0 aliphatic heterocycles. The van der Waals surface area contributed by atoms with Crippen molar-refractivity contribution in [3.8, 4) is 0 Å². The fourth-order valence-corrected chi connectivity index (χ4v) is 3.45. The largest absolute Gasteiger partial charge is 0.382 e. The lowest BCUT2D eigenvalue weighted by molar-refractivity contribution is 0.374. The van der Waals surface area contributed by atoms with Gasteiger partial charge in [-0.1, -0.05) is 23.7 Å². The van der Waals surface area contributed by atoms with Gasteiger partial charge < -0.3 is 5.32 Å². The molecule has 0 atom stereocenters. The molecule has 0 unspecified atom stereocenters. The van der Waals surface area contributed by atoms with Gasteiger partial charge in [0, 0.05) is 16.8 Å². The van der Waals surface area contributed by atoms with E-state index < -0.39 is 0 Å². The number of hydrogen-bond donors (Lipinski definition) is 1. The Morgan fingerprint density at radius 1 is 1.24 bits per heavy atom. The zero-order chi connectivity index (χ0) is 15.0. The maximum absolute atomic E-state index is 13.6. The Bertz CT molecular complexity index is 668. The maximum atomic E-state index is 13.6. The summed E-state index contributed by atoms with van der Waals surface area (Å²) in [5, 5.41) is 4.22. The molecule has 2 aromatic carbocycles. The summed E-state index contributed by atoms with van der Waals surface area (Å²) in [7, 11) is 0. The third-order valence-corrected chi connectivity index (χ3v) is 4.93. The number of halogens is 3. The number of aryl methyl sites for hydroxylation is 1. The molecular weight excluding hydrogens is 353 g/mol. The van der Waals surface area contributed by atoms with Crippen molar-refractivity contribution >= 4 is 33.2 Å². The molecule has 1 aliphatic carbocycles. The molecule has 4 heteroatoms. The predicted octanol–water partition coefficient (Wildman–Crippen LogP) is 5.91. The van der Waals surface area contributed by atoms with E-state index in [4.69, 9.17) is 11.6 Å². The number of anilines is 1. The van der Waals surface area contributed by atoms with E-state index in [1.807, 2.05) is 31.2 Å². The molecular formula is C17H16BrClFN. The zero-order valence-corrected chi connectivity index (χ0v) is 14.0. The molecule has 0 spiro atoms. The first-order valence-electron chi connectivity index (χ1n) is 7.00. The topological polar surface area (TPSA) is 12.0 Å². The molecule has 3 rings (SSSR count). The van der Waals surface area contributed by atoms with Crippen molar-refractivity contribution < 1.29 is 4.39 Å². The van der Waals surface area contributed by atoms with Crippen LogP contribution in [-0.2, 0) is 0 Å². The summed E-state index contributed by atoms with van der Waals surface area (Å²) in [5.41, 5.74) is 3.22. The smallest absolute Gasteiger partial charge is 0.139 e. The van der Waals surface area contributed by atoms with E-state index in [0.29, 0.717) is 16.4 Å². The van der Waals surface area contributed by atoms with Crippen molar-refractivity contribution in [3.05, 3.63) is 62.8 Å². The first-order valence-corrected chi connectivity index (χ1v) is 8.17. The van der Waals surface area contributed by atoms with Crippen molar-refractivity contribution in [3.63, 3.8) is 0 Å². The Hall–Kier alpha value is -1.06. The van der Waals surface area contributed by atoms with Crippen molar-refractivity contribution in [1.82, 2.24) is 0 Å². The minimum absolute atomic E-state index is 0.228. The molecule has 21 heavy (non-hydrogen) atoms. The molecule has 0 aromatic heterocycles. The van der Waals surface area contributed by atoms with Crippen LogP contribution in [0, 0.1) is 12.7 Å². The Labute approximate surface area is 137 Å². The molecule has 0 amide bonds. The van der Waals surface area contributed by atoms with Crippen LogP contribution >= 0.6 is 27.5 Å². The Kier molecular flexibility index (Phi) is 4.23. The number of rotatable bonds is 3. The van der Waals surface area contributed by atoms with E-state index in [1.165, 1.54) is 5.56 Å². The van der Waals surface area contributed by atoms with Gasteiger partial charge in [-0.25, -0.2) is 4.39 Å². The van der Waals surface area contributed by atoms with Crippen LogP contribution in [0.25, 0.3) is 0 Å². The van der Waals surface area contributed by atoms with Crippen LogP contribution in [0.15, 0.2) is 40.9 Å². The summed E-state index contributed by atoms with van der Waals surface area (Å²) in [4.78, 5) is 0. The molecule has 1 aliphatic rings. The summed E-state index contributed by atoms with van der Waals surface area (Å²) in [6.45, 7) is 1.99. The summed E-state index contributed by atoms with van der Waals surface area (Å²) in [5.74, 6) is 0.315. The summed E-state index contributed by atoms with van der Waals surface area (Å²) >= 11 is 9.24. The number of benzene rings is 2. The van der Waals surface area contributed by atoms with Crippen molar-refractivity contribution in [2.45, 2.75) is 31.7 Å². The summed E-state index contributed by atoms with van der Waals surface area (Å²) in [6.07, 6.45) is 2.11. The van der Waals surface area contributed by atoms with Crippen LogP contribution in [-0.4, -0.2) is 6.04 Å². The van der Waals surface area contributed by atoms with E-state index in [-0.39, 0.29) is 5.82 Å². The molecule has 1 saturated carbocycles. The lowest BCUT2D eigenvalue weighted by Gasteiger charge is -2.37. The molecule has 1 N–H and O–H groups in total. The van der Waals surface area contributed by atoms with E-state index >= 15 is 0 Å². The second kappa shape index (κ2) is 5.98. The van der Waals surface area contributed by atoms with Gasteiger partial charge in [0.2, 0.25) is 0 Å². The SMILES string of the molecule is Cc1cc(Br)c(F)cc1NC1CC(c2cccc(Cl)c2)C1. The normalized spacial score (nSPS) is 21.0. The molecule has 0 radical (unpaired) electrons. The molecule has 0 saturated heterocycles. The van der Waals surface area contributed by atoms with Crippen LogP contribution in [0.1, 0.15) is 29.9 Å². The average molecular weight is 369 g/mol. The molecule has 0 heterocycles. The predicted molar refractivity (Wildman–Crippen MR) is 89.7 cm³/mol. The summed E-state index contributed by atoms with van der Waals surface area (Å²) < 4.78 is 14.1. The highest BCUT2D eigenvalue weighted by atomic mass is 79.9. The highest BCUT2D eigenvalue weighted by Gasteiger charge is 2.30. The van der Waals surface area contributed by atoms with Crippen LogP contribution in [0.5, 0.6) is 0 Å². The maximum Gasteiger partial charge on any atom is 0.139 e. The minimum atomic E-state index is -0.228. The molecule has 1 nitrogen and oxygen atoms in total. The highest BCUT2D eigenvalue weighted by Crippen LogP contribution is 2.39. The Morgan fingerprint density at radius 3 is 2.71 bits per heavy atom. The number of nitrogens with one attached hydrogen (secondary N) is 1. The summed E-state index contributed by atoms with van der Waals surface area (Å²) in [6, 6.07) is 11.8. The van der Waals surface area contributed by atoms with Crippen LogP contribution in [0.3, 0.4) is 0 Å². The standard InChI is InChI=1S/C17H16BrClFN/c1-10-5-15(18)16(20)9-17(10)21-14-7-12(8-14)11-3-2-4-13(19)6-11/h2-6,9,12,14,21H,7-8H2,1H3. The molecule has 2 aromatic rings. The molecule has 1 fully saturated rings. The second-order valence-electron chi connectivity index (χ2n) is 5.65. The van der Waals surface area contributed by atoms with Gasteiger partial charge in [-0.15, -0.1) is 0 Å². The van der Waals surface area contributed by atoms with Crippen LogP contribution in [0.2, 0.25) is 5.02 Å². The van der Waals surface area contributed by atoms with E-state index in [2.05, 4.69) is 27.3 Å². The zero-order valence-electron chi connectivity index (χ0n) is 11.7. The van der Waals surface area contributed by atoms with Gasteiger partial charge in [0.15, 0.2) is 0 Å². The second-order valence-corrected chi connectivity index (χ2v) is 6.94. The van der Waals surface area contributed by atoms with Gasteiger partial charge in [0.25, 0.3) is 0 Å². The molecule has 0 bridgehead atoms. The first kappa shape index (κ1) is 14.9. The Morgan fingerprint density at radius 2 is 2.00 bits per heavy atom. The lowest BCUT2D eigenvalue weighted by atomic mass is 9.76. The Balaban J connectivity index is 1.64. The fourth-order valence-electron chi connectivity index (χ4n) is 2.79. The van der Waals surface area contributed by atoms with E-state index in [9.17, 15) is 4.39 Å². The minimum Gasteiger partial charge on any atom is -0.382 e. The van der Waals surface area contributed by atoms with Gasteiger partial charge in [-0.2, -0.15) is 0 Å². The van der Waals surface area contributed by atoms with Gasteiger partial charge in [0.1, 0.15) is 5.82 Å². The fraction of sp³-hybridized carbons (Fsp3) is 0.294. The monoisotopic (exact) mass is 367 g/mol. The third kappa shape index (κ3) is 3.24. The third-order valence-electron chi connectivity index (χ3n) is 4.09. The van der Waals surface area contributed by atoms with Crippen molar-refractivity contribution in [1.29, 1.82) is 0 Å². The highest BCUT2D eigenvalue weighted by molar-refractivity contribution is 9.10. The first-order chi connectivity index (χ1) is 10.0. The average Bonchev–Trinajstić information content (AvgIpc) is 2.39. The van der Waals surface area contributed by atoms with Gasteiger partial charge in [-0.05, 0) is 77.0 Å². The van der Waals surface area contributed by atoms with E-state index in [1.54, 1.807) is 6.07 Å². The van der Waals surface area contributed by atoms with Crippen LogP contribution < -0.4 is 5.32 Å². The van der Waals surface area contributed by atoms with Gasteiger partial charge in [-0.3, -0.25) is 0 Å².